The van der Waals surface area contributed by atoms with E-state index in [1.807, 2.05) is 42.7 Å². The van der Waals surface area contributed by atoms with Crippen molar-refractivity contribution in [3.05, 3.63) is 70.6 Å². The Bertz CT molecular complexity index is 951. The van der Waals surface area contributed by atoms with Crippen molar-refractivity contribution in [1.29, 1.82) is 0 Å². The maximum Gasteiger partial charge on any atom is 0.251 e. The third kappa shape index (κ3) is 4.40. The lowest BCUT2D eigenvalue weighted by Gasteiger charge is -2.27. The lowest BCUT2D eigenvalue weighted by atomic mass is 10.2. The molecule has 0 saturated carbocycles. The van der Waals surface area contributed by atoms with Crippen molar-refractivity contribution in [3.8, 4) is 5.69 Å². The Balaban J connectivity index is 1.37. The van der Waals surface area contributed by atoms with Crippen LogP contribution in [0.1, 0.15) is 15.9 Å². The first-order valence-corrected chi connectivity index (χ1v) is 9.85. The number of benzene rings is 1. The summed E-state index contributed by atoms with van der Waals surface area (Å²) in [5, 5.41) is 7.19. The second-order valence-electron chi connectivity index (χ2n) is 6.46. The van der Waals surface area contributed by atoms with E-state index in [0.717, 1.165) is 47.8 Å². The van der Waals surface area contributed by atoms with Gasteiger partial charge in [-0.05, 0) is 45.8 Å². The summed E-state index contributed by atoms with van der Waals surface area (Å²) in [6.07, 6.45) is 5.36. The largest absolute Gasteiger partial charge is 0.378 e. The number of nitrogens with one attached hydrogen (secondary N) is 1. The monoisotopic (exact) mass is 441 g/mol. The van der Waals surface area contributed by atoms with Gasteiger partial charge >= 0.3 is 0 Å². The van der Waals surface area contributed by atoms with E-state index in [2.05, 4.69) is 36.2 Å². The number of carbonyl (C=O) groups excluding carboxylic acids is 1. The number of hydrogen-bond donors (Lipinski definition) is 1. The smallest absolute Gasteiger partial charge is 0.251 e. The highest BCUT2D eigenvalue weighted by Crippen LogP contribution is 2.15. The van der Waals surface area contributed by atoms with Gasteiger partial charge in [0.05, 0.1) is 29.6 Å². The first-order chi connectivity index (χ1) is 13.7. The van der Waals surface area contributed by atoms with Crippen molar-refractivity contribution >= 4 is 27.7 Å². The molecular weight excluding hydrogens is 422 g/mol. The minimum atomic E-state index is -0.134. The zero-order valence-corrected chi connectivity index (χ0v) is 16.8. The molecule has 1 aromatic carbocycles. The molecule has 0 radical (unpaired) electrons. The molecule has 7 nitrogen and oxygen atoms in total. The topological polar surface area (TPSA) is 72.3 Å². The van der Waals surface area contributed by atoms with Gasteiger partial charge in [-0.25, -0.2) is 9.67 Å². The molecular formula is C20H20BrN5O2. The van der Waals surface area contributed by atoms with Crippen LogP contribution < -0.4 is 10.2 Å². The molecule has 3 heterocycles. The molecule has 0 atom stereocenters. The molecule has 1 amide bonds. The second kappa shape index (κ2) is 8.53. The average Bonchev–Trinajstić information content (AvgIpc) is 3.19. The van der Waals surface area contributed by atoms with Crippen LogP contribution >= 0.6 is 15.9 Å². The summed E-state index contributed by atoms with van der Waals surface area (Å²) in [5.74, 6) is 0.807. The average molecular weight is 442 g/mol. The summed E-state index contributed by atoms with van der Waals surface area (Å²) in [6, 6.07) is 11.3. The molecule has 0 aliphatic carbocycles. The van der Waals surface area contributed by atoms with Crippen LogP contribution in [-0.4, -0.2) is 47.0 Å². The molecule has 1 saturated heterocycles. The van der Waals surface area contributed by atoms with Gasteiger partial charge < -0.3 is 15.0 Å². The number of pyridine rings is 1. The van der Waals surface area contributed by atoms with E-state index in [1.165, 1.54) is 0 Å². The lowest BCUT2D eigenvalue weighted by Crippen LogP contribution is -2.36. The fraction of sp³-hybridized carbons (Fsp3) is 0.250. The number of hydrogen-bond acceptors (Lipinski definition) is 5. The van der Waals surface area contributed by atoms with Crippen molar-refractivity contribution in [2.24, 2.45) is 0 Å². The zero-order valence-electron chi connectivity index (χ0n) is 15.2. The first kappa shape index (κ1) is 18.6. The highest BCUT2D eigenvalue weighted by atomic mass is 79.9. The third-order valence-corrected chi connectivity index (χ3v) is 4.93. The van der Waals surface area contributed by atoms with E-state index in [-0.39, 0.29) is 5.91 Å². The lowest BCUT2D eigenvalue weighted by molar-refractivity contribution is 0.0951. The highest BCUT2D eigenvalue weighted by Gasteiger charge is 2.12. The minimum Gasteiger partial charge on any atom is -0.378 e. The van der Waals surface area contributed by atoms with Crippen molar-refractivity contribution in [1.82, 2.24) is 20.1 Å². The summed E-state index contributed by atoms with van der Waals surface area (Å²) >= 11 is 3.38. The van der Waals surface area contributed by atoms with Gasteiger partial charge in [0.15, 0.2) is 0 Å². The predicted molar refractivity (Wildman–Crippen MR) is 110 cm³/mol. The van der Waals surface area contributed by atoms with Crippen molar-refractivity contribution in [2.45, 2.75) is 6.54 Å². The van der Waals surface area contributed by atoms with Crippen LogP contribution in [0.5, 0.6) is 0 Å². The van der Waals surface area contributed by atoms with E-state index >= 15 is 0 Å². The van der Waals surface area contributed by atoms with Crippen molar-refractivity contribution in [2.75, 3.05) is 31.2 Å². The number of morpholine rings is 1. The van der Waals surface area contributed by atoms with Gasteiger partial charge in [-0.3, -0.25) is 4.79 Å². The summed E-state index contributed by atoms with van der Waals surface area (Å²) < 4.78 is 7.97. The Labute approximate surface area is 171 Å². The molecule has 3 aromatic rings. The third-order valence-electron chi connectivity index (χ3n) is 4.52. The van der Waals surface area contributed by atoms with Crippen LogP contribution in [0.3, 0.4) is 0 Å². The molecule has 2 aromatic heterocycles. The molecule has 4 rings (SSSR count). The number of ether oxygens (including phenoxy) is 1. The van der Waals surface area contributed by atoms with Gasteiger partial charge in [-0.1, -0.05) is 12.1 Å². The molecule has 1 aliphatic heterocycles. The van der Waals surface area contributed by atoms with Gasteiger partial charge in [0.1, 0.15) is 5.82 Å². The number of carbonyl (C=O) groups is 1. The molecule has 1 fully saturated rings. The van der Waals surface area contributed by atoms with E-state index in [1.54, 1.807) is 16.9 Å². The van der Waals surface area contributed by atoms with E-state index in [9.17, 15) is 4.79 Å². The number of anilines is 1. The molecule has 1 aliphatic rings. The van der Waals surface area contributed by atoms with E-state index in [4.69, 9.17) is 4.74 Å². The van der Waals surface area contributed by atoms with Gasteiger partial charge in [-0.2, -0.15) is 5.10 Å². The number of rotatable bonds is 5. The fourth-order valence-electron chi connectivity index (χ4n) is 3.02. The summed E-state index contributed by atoms with van der Waals surface area (Å²) in [7, 11) is 0. The van der Waals surface area contributed by atoms with E-state index in [0.29, 0.717) is 12.1 Å². The number of nitrogens with zero attached hydrogens (tertiary/aromatic N) is 4. The quantitative estimate of drug-likeness (QED) is 0.658. The van der Waals surface area contributed by atoms with Crippen LogP contribution in [0.25, 0.3) is 5.69 Å². The molecule has 0 unspecified atom stereocenters. The van der Waals surface area contributed by atoms with E-state index < -0.39 is 0 Å². The molecule has 0 spiro atoms. The minimum absolute atomic E-state index is 0.134. The summed E-state index contributed by atoms with van der Waals surface area (Å²) in [6.45, 7) is 3.59. The standard InChI is InChI=1S/C20H20BrN5O2/c21-17-13-24-26(14-17)18-3-1-2-16(10-18)20(27)23-12-15-4-5-19(22-11-15)25-6-8-28-9-7-25/h1-5,10-11,13-14H,6-9,12H2,(H,23,27). The number of aromatic nitrogens is 3. The predicted octanol–water partition coefficient (Wildman–Crippen LogP) is 2.80. The van der Waals surface area contributed by atoms with Gasteiger partial charge in [0.25, 0.3) is 5.91 Å². The number of amides is 1. The Morgan fingerprint density at radius 2 is 2.04 bits per heavy atom. The molecule has 8 heteroatoms. The summed E-state index contributed by atoms with van der Waals surface area (Å²) in [4.78, 5) is 19.2. The molecule has 1 N–H and O–H groups in total. The Morgan fingerprint density at radius 1 is 1.18 bits per heavy atom. The van der Waals surface area contributed by atoms with Crippen LogP contribution in [0.2, 0.25) is 0 Å². The maximum atomic E-state index is 12.5. The van der Waals surface area contributed by atoms with Gasteiger partial charge in [0.2, 0.25) is 0 Å². The fourth-order valence-corrected chi connectivity index (χ4v) is 3.30. The SMILES string of the molecule is O=C(NCc1ccc(N2CCOCC2)nc1)c1cccc(-n2cc(Br)cn2)c1. The second-order valence-corrected chi connectivity index (χ2v) is 7.38. The normalized spacial score (nSPS) is 14.1. The van der Waals surface area contributed by atoms with Crippen LogP contribution in [0, 0.1) is 0 Å². The number of halogens is 1. The van der Waals surface area contributed by atoms with Crippen molar-refractivity contribution in [3.63, 3.8) is 0 Å². The molecule has 0 bridgehead atoms. The van der Waals surface area contributed by atoms with Crippen LogP contribution in [0.4, 0.5) is 5.82 Å². The maximum absolute atomic E-state index is 12.5. The summed E-state index contributed by atoms with van der Waals surface area (Å²) in [5.41, 5.74) is 2.37. The van der Waals surface area contributed by atoms with Gasteiger partial charge in [0, 0.05) is 37.6 Å². The Morgan fingerprint density at radius 3 is 2.75 bits per heavy atom. The Kier molecular flexibility index (Phi) is 5.68. The molecule has 28 heavy (non-hydrogen) atoms. The van der Waals surface area contributed by atoms with Crippen LogP contribution in [-0.2, 0) is 11.3 Å². The van der Waals surface area contributed by atoms with Gasteiger partial charge in [-0.15, -0.1) is 0 Å². The molecule has 144 valence electrons. The first-order valence-electron chi connectivity index (χ1n) is 9.05. The highest BCUT2D eigenvalue weighted by molar-refractivity contribution is 9.10. The van der Waals surface area contributed by atoms with Crippen molar-refractivity contribution < 1.29 is 9.53 Å². The zero-order chi connectivity index (χ0) is 19.3. The van der Waals surface area contributed by atoms with Crippen LogP contribution in [0.15, 0.2) is 59.5 Å². The Hall–Kier alpha value is -2.71.